The molecule has 1 atom stereocenters. The highest BCUT2D eigenvalue weighted by atomic mass is 15.0. The molecule has 0 spiro atoms. The van der Waals surface area contributed by atoms with Gasteiger partial charge >= 0.3 is 0 Å². The zero-order chi connectivity index (χ0) is 41.5. The Hall–Kier alpha value is -7.82. The maximum absolute atomic E-state index is 5.36. The summed E-state index contributed by atoms with van der Waals surface area (Å²) in [5.41, 5.74) is 15.3. The van der Waals surface area contributed by atoms with Crippen LogP contribution in [0, 0.1) is 5.92 Å². The molecule has 0 radical (unpaired) electrons. The van der Waals surface area contributed by atoms with Crippen molar-refractivity contribution in [2.24, 2.45) is 5.92 Å². The number of hydrogen-bond acceptors (Lipinski definition) is 4. The molecule has 0 saturated heterocycles. The fraction of sp³-hybridized carbons (Fsp3) is 0.0690. The van der Waals surface area contributed by atoms with Crippen LogP contribution in [0.1, 0.15) is 29.7 Å². The topological polar surface area (TPSA) is 51.6 Å². The molecule has 2 aliphatic rings. The lowest BCUT2D eigenvalue weighted by molar-refractivity contribution is 0.644. The lowest BCUT2D eigenvalue weighted by Gasteiger charge is -2.18. The lowest BCUT2D eigenvalue weighted by atomic mass is 9.87. The van der Waals surface area contributed by atoms with Crippen molar-refractivity contribution >= 4 is 11.1 Å². The van der Waals surface area contributed by atoms with Gasteiger partial charge in [0.25, 0.3) is 0 Å². The zero-order valence-corrected chi connectivity index (χ0v) is 34.3. The van der Waals surface area contributed by atoms with Gasteiger partial charge < -0.3 is 0 Å². The first-order chi connectivity index (χ1) is 30.7. The van der Waals surface area contributed by atoms with Gasteiger partial charge in [0.2, 0.25) is 0 Å². The molecule has 4 nitrogen and oxygen atoms in total. The number of aromatic nitrogens is 4. The van der Waals surface area contributed by atoms with Crippen LogP contribution in [0.4, 0.5) is 0 Å². The second-order valence-electron chi connectivity index (χ2n) is 15.8. The molecule has 1 unspecified atom stereocenters. The molecule has 296 valence electrons. The van der Waals surface area contributed by atoms with Crippen molar-refractivity contribution < 1.29 is 0 Å². The van der Waals surface area contributed by atoms with E-state index in [9.17, 15) is 0 Å². The molecular formula is C58H44N4. The van der Waals surface area contributed by atoms with Crippen molar-refractivity contribution in [3.8, 4) is 67.5 Å². The van der Waals surface area contributed by atoms with Crippen LogP contribution in [-0.4, -0.2) is 19.9 Å². The van der Waals surface area contributed by atoms with Gasteiger partial charge in [-0.2, -0.15) is 0 Å². The molecule has 4 heteroatoms. The molecule has 0 aliphatic heterocycles. The number of hydrogen-bond donors (Lipinski definition) is 0. The summed E-state index contributed by atoms with van der Waals surface area (Å²) in [4.78, 5) is 20.4. The van der Waals surface area contributed by atoms with Gasteiger partial charge in [0, 0.05) is 28.6 Å². The number of nitrogens with zero attached hydrogens (tertiary/aromatic N) is 4. The first kappa shape index (κ1) is 38.4. The van der Waals surface area contributed by atoms with Gasteiger partial charge in [-0.05, 0) is 129 Å². The predicted molar refractivity (Wildman–Crippen MR) is 256 cm³/mol. The van der Waals surface area contributed by atoms with Crippen molar-refractivity contribution in [1.29, 1.82) is 0 Å². The molecule has 0 bridgehead atoms. The first-order valence-electron chi connectivity index (χ1n) is 21.3. The fourth-order valence-corrected chi connectivity index (χ4v) is 8.31. The fourth-order valence-electron chi connectivity index (χ4n) is 8.31. The standard InChI is InChI=1S/C58H44N4/c1-2-7-19-42(18-6-1)45-28-30-46(31-29-45)51-35-49(43-20-8-3-9-21-43)37-53(39-51)57-60-56(47-24-12-5-13-25-47)61-58(62-57)54-38-50(44-22-10-4-11-23-44)36-52(40-54)48-26-16-17-41(33-48)34-55-27-14-15-32-59-55/h1-6,8-16,18-33,35-41H,7,17,34H2. The van der Waals surface area contributed by atoms with Crippen LogP contribution < -0.4 is 0 Å². The summed E-state index contributed by atoms with van der Waals surface area (Å²) in [6.07, 6.45) is 22.5. The van der Waals surface area contributed by atoms with E-state index in [0.717, 1.165) is 80.6 Å². The molecular weight excluding hydrogens is 753 g/mol. The summed E-state index contributed by atoms with van der Waals surface area (Å²) in [6.45, 7) is 0. The maximum atomic E-state index is 5.36. The van der Waals surface area contributed by atoms with Crippen molar-refractivity contribution in [2.45, 2.75) is 19.3 Å². The highest BCUT2D eigenvalue weighted by Crippen LogP contribution is 2.37. The number of pyridine rings is 1. The predicted octanol–water partition coefficient (Wildman–Crippen LogP) is 14.4. The van der Waals surface area contributed by atoms with Gasteiger partial charge in [-0.25, -0.2) is 15.0 Å². The second-order valence-corrected chi connectivity index (χ2v) is 15.8. The zero-order valence-electron chi connectivity index (χ0n) is 34.3. The number of allylic oxidation sites excluding steroid dienone is 10. The van der Waals surface area contributed by atoms with Gasteiger partial charge in [0.15, 0.2) is 17.5 Å². The van der Waals surface area contributed by atoms with Gasteiger partial charge in [-0.1, -0.05) is 170 Å². The van der Waals surface area contributed by atoms with Gasteiger partial charge in [-0.15, -0.1) is 0 Å². The van der Waals surface area contributed by atoms with Crippen LogP contribution >= 0.6 is 0 Å². The molecule has 0 saturated carbocycles. The average molecular weight is 797 g/mol. The van der Waals surface area contributed by atoms with E-state index >= 15 is 0 Å². The lowest BCUT2D eigenvalue weighted by Crippen LogP contribution is -2.06. The molecule has 8 aromatic rings. The van der Waals surface area contributed by atoms with E-state index in [-0.39, 0.29) is 0 Å². The van der Waals surface area contributed by atoms with E-state index < -0.39 is 0 Å². The third kappa shape index (κ3) is 8.72. The van der Waals surface area contributed by atoms with E-state index in [0.29, 0.717) is 23.4 Å². The molecule has 2 aromatic heterocycles. The molecule has 10 rings (SSSR count). The van der Waals surface area contributed by atoms with Gasteiger partial charge in [-0.3, -0.25) is 4.98 Å². The van der Waals surface area contributed by atoms with Crippen LogP contribution in [0.3, 0.4) is 0 Å². The minimum Gasteiger partial charge on any atom is -0.261 e. The Morgan fingerprint density at radius 3 is 1.53 bits per heavy atom. The summed E-state index contributed by atoms with van der Waals surface area (Å²) in [5, 5.41) is 0. The third-order valence-electron chi connectivity index (χ3n) is 11.5. The van der Waals surface area contributed by atoms with E-state index in [4.69, 9.17) is 15.0 Å². The molecule has 2 aliphatic carbocycles. The first-order valence-corrected chi connectivity index (χ1v) is 21.3. The van der Waals surface area contributed by atoms with E-state index in [1.807, 2.05) is 30.5 Å². The van der Waals surface area contributed by atoms with Crippen molar-refractivity contribution in [3.05, 3.63) is 241 Å². The third-order valence-corrected chi connectivity index (χ3v) is 11.5. The minimum atomic E-state index is 0.340. The second kappa shape index (κ2) is 17.8. The van der Waals surface area contributed by atoms with Gasteiger partial charge in [0.05, 0.1) is 0 Å². The SMILES string of the molecule is C1=CCC=C(c2ccc(-c3cc(-c4ccccc4)cc(-c4nc(-c5ccccc5)nc(-c5cc(C6=CC(Cc7ccccn7)CC=C6)cc(-c6ccccc6)c5)n4)c3)cc2)C=C1. The maximum Gasteiger partial charge on any atom is 0.164 e. The summed E-state index contributed by atoms with van der Waals surface area (Å²) >= 11 is 0. The van der Waals surface area contributed by atoms with Crippen LogP contribution in [-0.2, 0) is 6.42 Å². The van der Waals surface area contributed by atoms with Crippen LogP contribution in [0.2, 0.25) is 0 Å². The van der Waals surface area contributed by atoms with Crippen molar-refractivity contribution in [2.75, 3.05) is 0 Å². The highest BCUT2D eigenvalue weighted by molar-refractivity contribution is 5.85. The Morgan fingerprint density at radius 2 is 0.919 bits per heavy atom. The van der Waals surface area contributed by atoms with Crippen LogP contribution in [0.25, 0.3) is 78.7 Å². The Labute approximate surface area is 363 Å². The summed E-state index contributed by atoms with van der Waals surface area (Å²) in [7, 11) is 0. The molecule has 0 fully saturated rings. The Balaban J connectivity index is 1.12. The van der Waals surface area contributed by atoms with Crippen molar-refractivity contribution in [3.63, 3.8) is 0 Å². The van der Waals surface area contributed by atoms with Crippen LogP contribution in [0.15, 0.2) is 225 Å². The van der Waals surface area contributed by atoms with E-state index in [2.05, 4.69) is 199 Å². The Morgan fingerprint density at radius 1 is 0.403 bits per heavy atom. The molecule has 6 aromatic carbocycles. The molecule has 2 heterocycles. The summed E-state index contributed by atoms with van der Waals surface area (Å²) in [5.74, 6) is 2.20. The largest absolute Gasteiger partial charge is 0.261 e. The molecule has 62 heavy (non-hydrogen) atoms. The van der Waals surface area contributed by atoms with Crippen molar-refractivity contribution in [1.82, 2.24) is 19.9 Å². The number of benzene rings is 6. The Kier molecular flexibility index (Phi) is 11.0. The normalized spacial score (nSPS) is 14.5. The highest BCUT2D eigenvalue weighted by Gasteiger charge is 2.19. The molecule has 0 N–H and O–H groups in total. The summed E-state index contributed by atoms with van der Waals surface area (Å²) < 4.78 is 0. The van der Waals surface area contributed by atoms with E-state index in [1.54, 1.807) is 0 Å². The van der Waals surface area contributed by atoms with Gasteiger partial charge in [0.1, 0.15) is 0 Å². The smallest absolute Gasteiger partial charge is 0.164 e. The van der Waals surface area contributed by atoms with Crippen LogP contribution in [0.5, 0.6) is 0 Å². The summed E-state index contributed by atoms with van der Waals surface area (Å²) in [6, 6.07) is 59.8. The monoisotopic (exact) mass is 796 g/mol. The molecule has 0 amide bonds. The minimum absolute atomic E-state index is 0.340. The Bertz CT molecular complexity index is 3000. The average Bonchev–Trinajstić information content (AvgIpc) is 3.65. The quantitative estimate of drug-likeness (QED) is 0.138. The van der Waals surface area contributed by atoms with E-state index in [1.165, 1.54) is 16.7 Å². The number of rotatable bonds is 10.